The summed E-state index contributed by atoms with van der Waals surface area (Å²) in [4.78, 5) is 26.2. The molecule has 1 aliphatic heterocycles. The number of hydrogen-bond donors (Lipinski definition) is 2. The number of H-pyrrole nitrogens is 1. The third-order valence-electron chi connectivity index (χ3n) is 4.65. The fourth-order valence-electron chi connectivity index (χ4n) is 3.13. The highest BCUT2D eigenvalue weighted by molar-refractivity contribution is 7.98. The Morgan fingerprint density at radius 1 is 1.33 bits per heavy atom. The van der Waals surface area contributed by atoms with E-state index in [9.17, 15) is 4.79 Å². The molecule has 4 rings (SSSR count). The third-order valence-corrected chi connectivity index (χ3v) is 5.62. The molecule has 8 nitrogen and oxygen atoms in total. The maximum absolute atomic E-state index is 12.1. The number of para-hydroxylation sites is 1. The van der Waals surface area contributed by atoms with E-state index < -0.39 is 0 Å². The second-order valence-electron chi connectivity index (χ2n) is 6.58. The summed E-state index contributed by atoms with van der Waals surface area (Å²) in [6, 6.07) is 7.53. The maximum Gasteiger partial charge on any atom is 0.258 e. The van der Waals surface area contributed by atoms with Gasteiger partial charge < -0.3 is 14.8 Å². The number of hydrogen-bond acceptors (Lipinski definition) is 8. The van der Waals surface area contributed by atoms with Crippen LogP contribution in [-0.4, -0.2) is 57.4 Å². The van der Waals surface area contributed by atoms with Crippen LogP contribution in [0.2, 0.25) is 0 Å². The molecule has 3 aromatic rings. The number of aromatic amines is 1. The second-order valence-corrected chi connectivity index (χ2v) is 7.68. The van der Waals surface area contributed by atoms with E-state index in [-0.39, 0.29) is 11.6 Å². The first-order valence-electron chi connectivity index (χ1n) is 9.00. The Morgan fingerprint density at radius 3 is 3.11 bits per heavy atom. The van der Waals surface area contributed by atoms with Crippen LogP contribution in [-0.2, 0) is 12.2 Å². The summed E-state index contributed by atoms with van der Waals surface area (Å²) >= 11 is 1.68. The summed E-state index contributed by atoms with van der Waals surface area (Å²) in [5.74, 6) is 3.53. The number of fused-ring (bicyclic) bond motifs is 1. The van der Waals surface area contributed by atoms with E-state index in [0.717, 1.165) is 36.7 Å². The smallest absolute Gasteiger partial charge is 0.258 e. The number of nitrogens with zero attached hydrogens (tertiary/aromatic N) is 4. The summed E-state index contributed by atoms with van der Waals surface area (Å²) in [6.45, 7) is 2.80. The topological polar surface area (TPSA) is 99.9 Å². The minimum atomic E-state index is -0.0945. The van der Waals surface area contributed by atoms with Crippen LogP contribution in [0.4, 0.5) is 0 Å². The molecule has 1 atom stereocenters. The summed E-state index contributed by atoms with van der Waals surface area (Å²) < 4.78 is 5.39. The molecule has 0 spiro atoms. The molecule has 2 aromatic heterocycles. The van der Waals surface area contributed by atoms with Gasteiger partial charge in [-0.3, -0.25) is 9.69 Å². The SMILES string of the molecule is CN1CCNCC1c1noc(CCSCc2nc3ccccc3c(=O)[nH]2)n1. The van der Waals surface area contributed by atoms with Crippen LogP contribution in [0.5, 0.6) is 0 Å². The van der Waals surface area contributed by atoms with Crippen molar-refractivity contribution in [2.45, 2.75) is 18.2 Å². The van der Waals surface area contributed by atoms with Gasteiger partial charge in [-0.05, 0) is 19.2 Å². The summed E-state index contributed by atoms with van der Waals surface area (Å²) in [7, 11) is 2.08. The lowest BCUT2D eigenvalue weighted by atomic mass is 10.2. The molecule has 142 valence electrons. The summed E-state index contributed by atoms with van der Waals surface area (Å²) in [5.41, 5.74) is 0.631. The highest BCUT2D eigenvalue weighted by Crippen LogP contribution is 2.18. The van der Waals surface area contributed by atoms with Crippen molar-refractivity contribution in [1.82, 2.24) is 30.3 Å². The van der Waals surface area contributed by atoms with Crippen molar-refractivity contribution in [2.24, 2.45) is 0 Å². The molecular weight excluding hydrogens is 364 g/mol. The van der Waals surface area contributed by atoms with Crippen molar-refractivity contribution in [1.29, 1.82) is 0 Å². The van der Waals surface area contributed by atoms with Crippen molar-refractivity contribution < 1.29 is 4.52 Å². The number of thioether (sulfide) groups is 1. The highest BCUT2D eigenvalue weighted by Gasteiger charge is 2.25. The zero-order valence-corrected chi connectivity index (χ0v) is 16.0. The van der Waals surface area contributed by atoms with Gasteiger partial charge in [0.05, 0.1) is 22.7 Å². The van der Waals surface area contributed by atoms with Crippen molar-refractivity contribution in [3.63, 3.8) is 0 Å². The molecule has 0 saturated carbocycles. The number of piperazine rings is 1. The Morgan fingerprint density at radius 2 is 2.22 bits per heavy atom. The van der Waals surface area contributed by atoms with Crippen LogP contribution in [0.3, 0.4) is 0 Å². The Hall–Kier alpha value is -2.23. The van der Waals surface area contributed by atoms with Crippen LogP contribution >= 0.6 is 11.8 Å². The molecule has 3 heterocycles. The largest absolute Gasteiger partial charge is 0.339 e. The van der Waals surface area contributed by atoms with Crippen LogP contribution in [0.15, 0.2) is 33.6 Å². The second kappa shape index (κ2) is 8.20. The minimum absolute atomic E-state index is 0.0945. The number of likely N-dealkylation sites (N-methyl/N-ethyl adjacent to an activating group) is 1. The molecular formula is C18H22N6O2S. The van der Waals surface area contributed by atoms with Gasteiger partial charge in [0.25, 0.3) is 5.56 Å². The maximum atomic E-state index is 12.1. The predicted octanol–water partition coefficient (Wildman–Crippen LogP) is 1.36. The molecule has 1 aliphatic rings. The highest BCUT2D eigenvalue weighted by atomic mass is 32.2. The van der Waals surface area contributed by atoms with E-state index in [2.05, 4.69) is 37.4 Å². The van der Waals surface area contributed by atoms with E-state index in [4.69, 9.17) is 4.52 Å². The molecule has 9 heteroatoms. The Balaban J connectivity index is 1.31. The molecule has 2 N–H and O–H groups in total. The first kappa shape index (κ1) is 18.1. The molecule has 1 saturated heterocycles. The first-order valence-corrected chi connectivity index (χ1v) is 10.2. The summed E-state index contributed by atoms with van der Waals surface area (Å²) in [5, 5.41) is 8.11. The van der Waals surface area contributed by atoms with Crippen molar-refractivity contribution >= 4 is 22.7 Å². The molecule has 0 bridgehead atoms. The van der Waals surface area contributed by atoms with E-state index in [0.29, 0.717) is 29.3 Å². The van der Waals surface area contributed by atoms with Crippen LogP contribution in [0, 0.1) is 0 Å². The number of benzene rings is 1. The average molecular weight is 386 g/mol. The lowest BCUT2D eigenvalue weighted by Gasteiger charge is -2.30. The average Bonchev–Trinajstić information content (AvgIpc) is 3.14. The minimum Gasteiger partial charge on any atom is -0.339 e. The van der Waals surface area contributed by atoms with Crippen molar-refractivity contribution in [2.75, 3.05) is 32.4 Å². The van der Waals surface area contributed by atoms with Gasteiger partial charge in [0, 0.05) is 31.8 Å². The summed E-state index contributed by atoms with van der Waals surface area (Å²) in [6.07, 6.45) is 0.694. The molecule has 1 aromatic carbocycles. The monoisotopic (exact) mass is 386 g/mol. The van der Waals surface area contributed by atoms with Gasteiger partial charge in [0.15, 0.2) is 5.82 Å². The number of aryl methyl sites for hydroxylation is 1. The molecule has 0 amide bonds. The fraction of sp³-hybridized carbons (Fsp3) is 0.444. The molecule has 27 heavy (non-hydrogen) atoms. The van der Waals surface area contributed by atoms with E-state index >= 15 is 0 Å². The molecule has 1 unspecified atom stereocenters. The van der Waals surface area contributed by atoms with Gasteiger partial charge in [-0.25, -0.2) is 4.98 Å². The lowest BCUT2D eigenvalue weighted by Crippen LogP contribution is -2.44. The quantitative estimate of drug-likeness (QED) is 0.613. The van der Waals surface area contributed by atoms with Gasteiger partial charge in [-0.15, -0.1) is 0 Å². The van der Waals surface area contributed by atoms with Gasteiger partial charge in [-0.1, -0.05) is 17.3 Å². The third kappa shape index (κ3) is 4.20. The van der Waals surface area contributed by atoms with Crippen LogP contribution in [0.1, 0.15) is 23.6 Å². The first-order chi connectivity index (χ1) is 13.2. The normalized spacial score (nSPS) is 18.2. The standard InChI is InChI=1S/C18H22N6O2S/c1-24-8-7-19-10-14(24)17-22-16(26-23-17)6-9-27-11-15-20-13-5-3-2-4-12(13)18(25)21-15/h2-5,14,19H,6-11H2,1H3,(H,20,21,25). The Kier molecular flexibility index (Phi) is 5.51. The van der Waals surface area contributed by atoms with E-state index in [1.165, 1.54) is 0 Å². The van der Waals surface area contributed by atoms with Crippen LogP contribution < -0.4 is 10.9 Å². The van der Waals surface area contributed by atoms with Crippen LogP contribution in [0.25, 0.3) is 10.9 Å². The zero-order valence-electron chi connectivity index (χ0n) is 15.1. The molecule has 0 radical (unpaired) electrons. The van der Waals surface area contributed by atoms with Gasteiger partial charge in [-0.2, -0.15) is 16.7 Å². The molecule has 1 fully saturated rings. The number of nitrogens with one attached hydrogen (secondary N) is 2. The Labute approximate surface area is 160 Å². The predicted molar refractivity (Wildman–Crippen MR) is 105 cm³/mol. The van der Waals surface area contributed by atoms with Gasteiger partial charge in [0.2, 0.25) is 5.89 Å². The zero-order chi connectivity index (χ0) is 18.6. The van der Waals surface area contributed by atoms with Gasteiger partial charge >= 0.3 is 0 Å². The number of rotatable bonds is 6. The Bertz CT molecular complexity index is 972. The van der Waals surface area contributed by atoms with Crippen molar-refractivity contribution in [3.05, 3.63) is 52.2 Å². The van der Waals surface area contributed by atoms with Gasteiger partial charge in [0.1, 0.15) is 5.82 Å². The van der Waals surface area contributed by atoms with E-state index in [1.54, 1.807) is 17.8 Å². The van der Waals surface area contributed by atoms with Crippen molar-refractivity contribution in [3.8, 4) is 0 Å². The fourth-order valence-corrected chi connectivity index (χ4v) is 3.92. The van der Waals surface area contributed by atoms with E-state index in [1.807, 2.05) is 18.2 Å². The molecule has 0 aliphatic carbocycles. The lowest BCUT2D eigenvalue weighted by molar-refractivity contribution is 0.190. The number of aromatic nitrogens is 4.